The normalized spacial score (nSPS) is 10.7. The van der Waals surface area contributed by atoms with Crippen LogP contribution < -0.4 is 15.1 Å². The highest BCUT2D eigenvalue weighted by atomic mass is 35.5. The van der Waals surface area contributed by atoms with Crippen molar-refractivity contribution in [2.75, 3.05) is 14.2 Å². The van der Waals surface area contributed by atoms with Crippen LogP contribution in [-0.2, 0) is 0 Å². The molecule has 1 heterocycles. The van der Waals surface area contributed by atoms with Gasteiger partial charge in [0.15, 0.2) is 11.5 Å². The molecule has 0 saturated heterocycles. The minimum Gasteiger partial charge on any atom is -0.493 e. The van der Waals surface area contributed by atoms with Crippen molar-refractivity contribution in [1.29, 1.82) is 0 Å². The summed E-state index contributed by atoms with van der Waals surface area (Å²) in [6, 6.07) is 9.99. The van der Waals surface area contributed by atoms with E-state index >= 15 is 0 Å². The lowest BCUT2D eigenvalue weighted by atomic mass is 10.2. The maximum Gasteiger partial charge on any atom is 0.347 e. The van der Waals surface area contributed by atoms with Crippen LogP contribution in [0.25, 0.3) is 22.4 Å². The molecule has 5 nitrogen and oxygen atoms in total. The molecule has 3 aromatic rings. The van der Waals surface area contributed by atoms with Crippen molar-refractivity contribution in [3.8, 4) is 23.0 Å². The van der Waals surface area contributed by atoms with Gasteiger partial charge in [-0.1, -0.05) is 11.6 Å². The van der Waals surface area contributed by atoms with Crippen LogP contribution in [-0.4, -0.2) is 19.2 Å². The Hall–Kier alpha value is -2.53. The third-order valence-electron chi connectivity index (χ3n) is 3.22. The van der Waals surface area contributed by atoms with Crippen LogP contribution in [0.15, 0.2) is 45.6 Å². The zero-order chi connectivity index (χ0) is 15.7. The van der Waals surface area contributed by atoms with E-state index in [9.17, 15) is 4.79 Å². The van der Waals surface area contributed by atoms with Gasteiger partial charge in [0.1, 0.15) is 0 Å². The molecule has 22 heavy (non-hydrogen) atoms. The third kappa shape index (κ3) is 2.51. The van der Waals surface area contributed by atoms with Gasteiger partial charge in [0, 0.05) is 10.6 Å². The van der Waals surface area contributed by atoms with Crippen molar-refractivity contribution >= 4 is 22.5 Å². The lowest BCUT2D eigenvalue weighted by Crippen LogP contribution is -2.03. The van der Waals surface area contributed by atoms with Crippen molar-refractivity contribution in [1.82, 2.24) is 4.98 Å². The van der Waals surface area contributed by atoms with E-state index in [1.165, 1.54) is 7.11 Å². The van der Waals surface area contributed by atoms with E-state index in [1.807, 2.05) is 0 Å². The van der Waals surface area contributed by atoms with Gasteiger partial charge in [-0.3, -0.25) is 0 Å². The number of nitrogens with zero attached hydrogens (tertiary/aromatic N) is 1. The number of methoxy groups -OCH3 is 2. The van der Waals surface area contributed by atoms with Gasteiger partial charge in [0.25, 0.3) is 0 Å². The minimum atomic E-state index is -0.466. The fourth-order valence-electron chi connectivity index (χ4n) is 2.14. The fraction of sp³-hybridized carbons (Fsp3) is 0.125. The van der Waals surface area contributed by atoms with E-state index in [-0.39, 0.29) is 5.89 Å². The van der Waals surface area contributed by atoms with Crippen LogP contribution in [0.1, 0.15) is 0 Å². The van der Waals surface area contributed by atoms with E-state index in [4.69, 9.17) is 25.5 Å². The standard InChI is InChI=1S/C16H12ClNO4/c1-20-13-6-3-9(7-14(13)21-2)15-18-12-8-10(17)4-5-11(12)16(19)22-15/h3-8H,1-2H3. The molecule has 0 bridgehead atoms. The Morgan fingerprint density at radius 2 is 1.82 bits per heavy atom. The van der Waals surface area contributed by atoms with Crippen molar-refractivity contribution in [3.63, 3.8) is 0 Å². The highest BCUT2D eigenvalue weighted by Crippen LogP contribution is 2.31. The molecule has 0 aliphatic rings. The van der Waals surface area contributed by atoms with Crippen LogP contribution >= 0.6 is 11.6 Å². The number of ether oxygens (including phenoxy) is 2. The largest absolute Gasteiger partial charge is 0.493 e. The lowest BCUT2D eigenvalue weighted by Gasteiger charge is -2.08. The average molecular weight is 318 g/mol. The Bertz CT molecular complexity index is 904. The molecule has 2 aromatic carbocycles. The molecule has 0 amide bonds. The topological polar surface area (TPSA) is 61.6 Å². The van der Waals surface area contributed by atoms with Gasteiger partial charge in [-0.05, 0) is 36.4 Å². The van der Waals surface area contributed by atoms with E-state index < -0.39 is 5.63 Å². The van der Waals surface area contributed by atoms with Gasteiger partial charge in [-0.25, -0.2) is 9.78 Å². The molecule has 112 valence electrons. The lowest BCUT2D eigenvalue weighted by molar-refractivity contribution is 0.355. The first-order chi connectivity index (χ1) is 10.6. The summed E-state index contributed by atoms with van der Waals surface area (Å²) >= 11 is 5.95. The smallest absolute Gasteiger partial charge is 0.347 e. The number of fused-ring (bicyclic) bond motifs is 1. The fourth-order valence-corrected chi connectivity index (χ4v) is 2.30. The van der Waals surface area contributed by atoms with Gasteiger partial charge in [-0.15, -0.1) is 0 Å². The quantitative estimate of drug-likeness (QED) is 0.739. The van der Waals surface area contributed by atoms with Crippen molar-refractivity contribution in [2.45, 2.75) is 0 Å². The third-order valence-corrected chi connectivity index (χ3v) is 3.46. The molecule has 0 unspecified atom stereocenters. The molecule has 0 aliphatic heterocycles. The monoisotopic (exact) mass is 317 g/mol. The van der Waals surface area contributed by atoms with Gasteiger partial charge < -0.3 is 13.9 Å². The zero-order valence-corrected chi connectivity index (χ0v) is 12.7. The number of hydrogen-bond donors (Lipinski definition) is 0. The first kappa shape index (κ1) is 14.4. The van der Waals surface area contributed by atoms with Gasteiger partial charge >= 0.3 is 5.63 Å². The van der Waals surface area contributed by atoms with E-state index in [0.717, 1.165) is 0 Å². The molecular weight excluding hydrogens is 306 g/mol. The average Bonchev–Trinajstić information content (AvgIpc) is 2.53. The molecule has 0 N–H and O–H groups in total. The molecular formula is C16H12ClNO4. The first-order valence-corrected chi connectivity index (χ1v) is 6.83. The van der Waals surface area contributed by atoms with Crippen molar-refractivity contribution < 1.29 is 13.9 Å². The summed E-state index contributed by atoms with van der Waals surface area (Å²) in [5, 5.41) is 0.887. The van der Waals surface area contributed by atoms with Crippen LogP contribution in [0.2, 0.25) is 5.02 Å². The number of benzene rings is 2. The van der Waals surface area contributed by atoms with Crippen LogP contribution in [0.4, 0.5) is 0 Å². The highest BCUT2D eigenvalue weighted by Gasteiger charge is 2.12. The second-order valence-electron chi connectivity index (χ2n) is 4.54. The Morgan fingerprint density at radius 1 is 1.05 bits per heavy atom. The Morgan fingerprint density at radius 3 is 2.55 bits per heavy atom. The molecule has 0 radical (unpaired) electrons. The van der Waals surface area contributed by atoms with Crippen LogP contribution in [0.5, 0.6) is 11.5 Å². The molecule has 0 spiro atoms. The molecule has 0 aliphatic carbocycles. The first-order valence-electron chi connectivity index (χ1n) is 6.45. The molecule has 0 fully saturated rings. The summed E-state index contributed by atoms with van der Waals surface area (Å²) in [6.45, 7) is 0. The van der Waals surface area contributed by atoms with Crippen LogP contribution in [0.3, 0.4) is 0 Å². The second kappa shape index (κ2) is 5.69. The van der Waals surface area contributed by atoms with E-state index in [2.05, 4.69) is 4.98 Å². The molecule has 6 heteroatoms. The summed E-state index contributed by atoms with van der Waals surface area (Å²) in [7, 11) is 3.08. The SMILES string of the molecule is COc1ccc(-c2nc3cc(Cl)ccc3c(=O)o2)cc1OC. The summed E-state index contributed by atoms with van der Waals surface area (Å²) in [5.74, 6) is 1.30. The Labute approximate surface area is 131 Å². The Kier molecular flexibility index (Phi) is 3.73. The van der Waals surface area contributed by atoms with Gasteiger partial charge in [0.05, 0.1) is 25.1 Å². The van der Waals surface area contributed by atoms with E-state index in [1.54, 1.807) is 43.5 Å². The number of aromatic nitrogens is 1. The predicted molar refractivity (Wildman–Crippen MR) is 83.8 cm³/mol. The molecule has 0 saturated carbocycles. The van der Waals surface area contributed by atoms with Gasteiger partial charge in [-0.2, -0.15) is 0 Å². The zero-order valence-electron chi connectivity index (χ0n) is 11.9. The summed E-state index contributed by atoms with van der Waals surface area (Å²) < 4.78 is 15.7. The number of rotatable bonds is 3. The predicted octanol–water partition coefficient (Wildman–Crippen LogP) is 3.53. The number of hydrogen-bond acceptors (Lipinski definition) is 5. The summed E-state index contributed by atoms with van der Waals surface area (Å²) in [4.78, 5) is 16.4. The van der Waals surface area contributed by atoms with Gasteiger partial charge in [0.2, 0.25) is 5.89 Å². The second-order valence-corrected chi connectivity index (χ2v) is 4.97. The summed E-state index contributed by atoms with van der Waals surface area (Å²) in [6.07, 6.45) is 0. The maximum atomic E-state index is 12.1. The van der Waals surface area contributed by atoms with Crippen molar-refractivity contribution in [3.05, 3.63) is 51.8 Å². The van der Waals surface area contributed by atoms with E-state index in [0.29, 0.717) is 33.0 Å². The minimum absolute atomic E-state index is 0.195. The van der Waals surface area contributed by atoms with Crippen molar-refractivity contribution in [2.24, 2.45) is 0 Å². The van der Waals surface area contributed by atoms with Crippen LogP contribution in [0, 0.1) is 0 Å². The number of halogens is 1. The highest BCUT2D eigenvalue weighted by molar-refractivity contribution is 6.31. The molecule has 1 aromatic heterocycles. The molecule has 3 rings (SSSR count). The Balaban J connectivity index is 2.20. The summed E-state index contributed by atoms with van der Waals surface area (Å²) in [5.41, 5.74) is 0.622. The maximum absolute atomic E-state index is 12.1. The molecule has 0 atom stereocenters.